The van der Waals surface area contributed by atoms with Crippen LogP contribution in [0.4, 0.5) is 4.39 Å². The fraction of sp³-hybridized carbons (Fsp3) is 0.231. The van der Waals surface area contributed by atoms with E-state index in [1.54, 1.807) is 18.4 Å². The smallest absolute Gasteiger partial charge is 0.126 e. The molecule has 2 rings (SSSR count). The number of hydrogen-bond acceptors (Lipinski definition) is 3. The van der Waals surface area contributed by atoms with Crippen LogP contribution in [0.15, 0.2) is 39.4 Å². The van der Waals surface area contributed by atoms with Crippen LogP contribution in [-0.2, 0) is 6.42 Å². The summed E-state index contributed by atoms with van der Waals surface area (Å²) in [5.74, 6) is 6.09. The topological polar surface area (TPSA) is 51.2 Å². The first-order valence-corrected chi connectivity index (χ1v) is 6.34. The third-order valence-electron chi connectivity index (χ3n) is 2.79. The highest BCUT2D eigenvalue weighted by atomic mass is 79.9. The number of halogens is 2. The van der Waals surface area contributed by atoms with Gasteiger partial charge in [-0.2, -0.15) is 0 Å². The molecule has 0 aliphatic heterocycles. The van der Waals surface area contributed by atoms with Crippen molar-refractivity contribution in [1.29, 1.82) is 0 Å². The number of benzene rings is 1. The van der Waals surface area contributed by atoms with Crippen molar-refractivity contribution in [1.82, 2.24) is 5.43 Å². The molecule has 3 N–H and O–H groups in total. The van der Waals surface area contributed by atoms with Crippen molar-refractivity contribution in [3.63, 3.8) is 0 Å². The van der Waals surface area contributed by atoms with Crippen molar-refractivity contribution in [2.75, 3.05) is 0 Å². The molecule has 1 unspecified atom stereocenters. The van der Waals surface area contributed by atoms with Gasteiger partial charge in [-0.15, -0.1) is 0 Å². The zero-order chi connectivity index (χ0) is 13.1. The molecule has 0 radical (unpaired) electrons. The highest BCUT2D eigenvalue weighted by molar-refractivity contribution is 9.10. The third-order valence-corrected chi connectivity index (χ3v) is 3.28. The Morgan fingerprint density at radius 3 is 2.83 bits per heavy atom. The van der Waals surface area contributed by atoms with Gasteiger partial charge >= 0.3 is 0 Å². The first-order chi connectivity index (χ1) is 8.60. The second-order valence-electron chi connectivity index (χ2n) is 4.15. The van der Waals surface area contributed by atoms with Crippen LogP contribution in [0.1, 0.15) is 22.9 Å². The second kappa shape index (κ2) is 5.65. The lowest BCUT2D eigenvalue weighted by atomic mass is 10.0. The van der Waals surface area contributed by atoms with Crippen molar-refractivity contribution in [3.05, 3.63) is 57.7 Å². The Hall–Kier alpha value is -1.17. The van der Waals surface area contributed by atoms with E-state index in [1.165, 1.54) is 6.07 Å². The molecule has 0 spiro atoms. The summed E-state index contributed by atoms with van der Waals surface area (Å²) in [6.45, 7) is 1.86. The summed E-state index contributed by atoms with van der Waals surface area (Å²) in [4.78, 5) is 0. The molecule has 1 atom stereocenters. The Bertz CT molecular complexity index is 542. The molecule has 2 aromatic rings. The average molecular weight is 313 g/mol. The molecule has 0 saturated heterocycles. The largest absolute Gasteiger partial charge is 0.469 e. The summed E-state index contributed by atoms with van der Waals surface area (Å²) in [7, 11) is 0. The molecule has 0 amide bonds. The van der Waals surface area contributed by atoms with Gasteiger partial charge in [0.1, 0.15) is 11.6 Å². The monoisotopic (exact) mass is 312 g/mol. The number of nitrogens with one attached hydrogen (secondary N) is 1. The van der Waals surface area contributed by atoms with Crippen molar-refractivity contribution in [2.45, 2.75) is 19.4 Å². The van der Waals surface area contributed by atoms with Gasteiger partial charge < -0.3 is 4.42 Å². The fourth-order valence-corrected chi connectivity index (χ4v) is 2.25. The van der Waals surface area contributed by atoms with Gasteiger partial charge in [0, 0.05) is 10.0 Å². The lowest BCUT2D eigenvalue weighted by molar-refractivity contribution is 0.504. The molecule has 18 heavy (non-hydrogen) atoms. The van der Waals surface area contributed by atoms with Crippen molar-refractivity contribution < 1.29 is 8.81 Å². The Balaban J connectivity index is 2.22. The molecule has 0 aliphatic carbocycles. The molecule has 1 heterocycles. The number of aryl methyl sites for hydroxylation is 1. The summed E-state index contributed by atoms with van der Waals surface area (Å²) in [5, 5.41) is 0. The Morgan fingerprint density at radius 2 is 2.22 bits per heavy atom. The van der Waals surface area contributed by atoms with Gasteiger partial charge in [-0.3, -0.25) is 11.3 Å². The Labute approximate surface area is 113 Å². The van der Waals surface area contributed by atoms with E-state index in [4.69, 9.17) is 10.3 Å². The summed E-state index contributed by atoms with van der Waals surface area (Å²) in [6, 6.07) is 6.58. The number of hydrogen-bond donors (Lipinski definition) is 2. The van der Waals surface area contributed by atoms with Crippen LogP contribution < -0.4 is 11.3 Å². The summed E-state index contributed by atoms with van der Waals surface area (Å²) >= 11 is 3.33. The lowest BCUT2D eigenvalue weighted by Gasteiger charge is -2.14. The van der Waals surface area contributed by atoms with Gasteiger partial charge in [0.25, 0.3) is 0 Å². The molecular formula is C13H14BrFN2O. The van der Waals surface area contributed by atoms with Crippen molar-refractivity contribution >= 4 is 15.9 Å². The zero-order valence-electron chi connectivity index (χ0n) is 9.91. The van der Waals surface area contributed by atoms with E-state index in [0.717, 1.165) is 15.8 Å². The van der Waals surface area contributed by atoms with Gasteiger partial charge in [0.15, 0.2) is 0 Å². The summed E-state index contributed by atoms with van der Waals surface area (Å²) < 4.78 is 19.8. The number of hydrazine groups is 1. The van der Waals surface area contributed by atoms with E-state index in [-0.39, 0.29) is 11.9 Å². The SMILES string of the molecule is Cc1cc(C(Cc2cc(Br)ccc2F)NN)co1. The quantitative estimate of drug-likeness (QED) is 0.673. The normalized spacial score (nSPS) is 12.7. The Kier molecular flexibility index (Phi) is 4.16. The number of furan rings is 1. The lowest BCUT2D eigenvalue weighted by Crippen LogP contribution is -2.29. The van der Waals surface area contributed by atoms with Crippen LogP contribution in [0.25, 0.3) is 0 Å². The third kappa shape index (κ3) is 2.98. The molecule has 1 aromatic heterocycles. The van der Waals surface area contributed by atoms with Crippen LogP contribution in [0.5, 0.6) is 0 Å². The molecule has 0 saturated carbocycles. The predicted molar refractivity (Wildman–Crippen MR) is 71.3 cm³/mol. The minimum absolute atomic E-state index is 0.175. The Morgan fingerprint density at radius 1 is 1.44 bits per heavy atom. The maximum absolute atomic E-state index is 13.7. The van der Waals surface area contributed by atoms with Crippen LogP contribution >= 0.6 is 15.9 Å². The minimum atomic E-state index is -0.237. The van der Waals surface area contributed by atoms with Crippen LogP contribution in [0, 0.1) is 12.7 Å². The predicted octanol–water partition coefficient (Wildman–Crippen LogP) is 3.24. The van der Waals surface area contributed by atoms with E-state index in [1.807, 2.05) is 13.0 Å². The minimum Gasteiger partial charge on any atom is -0.469 e. The van der Waals surface area contributed by atoms with Crippen LogP contribution in [0.2, 0.25) is 0 Å². The average Bonchev–Trinajstić information content (AvgIpc) is 2.77. The molecule has 1 aromatic carbocycles. The fourth-order valence-electron chi connectivity index (χ4n) is 1.84. The second-order valence-corrected chi connectivity index (χ2v) is 5.07. The highest BCUT2D eigenvalue weighted by Gasteiger charge is 2.15. The molecule has 0 bridgehead atoms. The molecule has 5 heteroatoms. The highest BCUT2D eigenvalue weighted by Crippen LogP contribution is 2.23. The van der Waals surface area contributed by atoms with E-state index in [0.29, 0.717) is 12.0 Å². The van der Waals surface area contributed by atoms with Crippen molar-refractivity contribution in [2.24, 2.45) is 5.84 Å². The van der Waals surface area contributed by atoms with E-state index in [2.05, 4.69) is 21.4 Å². The first-order valence-electron chi connectivity index (χ1n) is 5.55. The van der Waals surface area contributed by atoms with Crippen LogP contribution in [0.3, 0.4) is 0 Å². The van der Waals surface area contributed by atoms with Gasteiger partial charge in [-0.1, -0.05) is 15.9 Å². The van der Waals surface area contributed by atoms with E-state index >= 15 is 0 Å². The standard InChI is InChI=1S/C13H14BrFN2O/c1-8-4-10(7-18-8)13(17-16)6-9-5-11(14)2-3-12(9)15/h2-5,7,13,17H,6,16H2,1H3. The summed E-state index contributed by atoms with van der Waals surface area (Å²) in [5.41, 5.74) is 4.20. The molecule has 0 aliphatic rings. The number of rotatable bonds is 4. The zero-order valence-corrected chi connectivity index (χ0v) is 11.5. The first kappa shape index (κ1) is 13.3. The van der Waals surface area contributed by atoms with Gasteiger partial charge in [-0.25, -0.2) is 4.39 Å². The molecule has 3 nitrogen and oxygen atoms in total. The van der Waals surface area contributed by atoms with Crippen LogP contribution in [-0.4, -0.2) is 0 Å². The van der Waals surface area contributed by atoms with Crippen molar-refractivity contribution in [3.8, 4) is 0 Å². The van der Waals surface area contributed by atoms with Gasteiger partial charge in [0.05, 0.1) is 12.3 Å². The maximum Gasteiger partial charge on any atom is 0.126 e. The van der Waals surface area contributed by atoms with Gasteiger partial charge in [0.2, 0.25) is 0 Å². The van der Waals surface area contributed by atoms with Gasteiger partial charge in [-0.05, 0) is 43.2 Å². The molecular weight excluding hydrogens is 299 g/mol. The molecule has 96 valence electrons. The summed E-state index contributed by atoms with van der Waals surface area (Å²) in [6.07, 6.45) is 2.09. The maximum atomic E-state index is 13.7. The number of nitrogens with two attached hydrogens (primary N) is 1. The molecule has 0 fully saturated rings. The van der Waals surface area contributed by atoms with E-state index in [9.17, 15) is 4.39 Å². The van der Waals surface area contributed by atoms with E-state index < -0.39 is 0 Å².